The average molecular weight is 306 g/mol. The molecule has 2 aromatic heterocycles. The number of thiophene rings is 1. The predicted molar refractivity (Wildman–Crippen MR) is 85.1 cm³/mol. The molecule has 0 aromatic carbocycles. The summed E-state index contributed by atoms with van der Waals surface area (Å²) in [6, 6.07) is 8.23. The highest BCUT2D eigenvalue weighted by atomic mass is 32.2. The molecule has 3 nitrogen and oxygen atoms in total. The van der Waals surface area contributed by atoms with Gasteiger partial charge < -0.3 is 9.47 Å². The summed E-state index contributed by atoms with van der Waals surface area (Å²) in [5, 5.41) is 2.69. The van der Waals surface area contributed by atoms with Gasteiger partial charge in [0.15, 0.2) is 0 Å². The Labute approximate surface area is 127 Å². The summed E-state index contributed by atoms with van der Waals surface area (Å²) < 4.78 is 1.94. The van der Waals surface area contributed by atoms with Gasteiger partial charge in [-0.25, -0.2) is 0 Å². The van der Waals surface area contributed by atoms with Crippen molar-refractivity contribution >= 4 is 29.0 Å². The van der Waals surface area contributed by atoms with E-state index in [4.69, 9.17) is 0 Å². The third kappa shape index (κ3) is 3.27. The van der Waals surface area contributed by atoms with Crippen LogP contribution in [0.3, 0.4) is 0 Å². The minimum absolute atomic E-state index is 0.230. The molecule has 1 fully saturated rings. The van der Waals surface area contributed by atoms with Crippen LogP contribution in [0.2, 0.25) is 0 Å². The van der Waals surface area contributed by atoms with E-state index in [-0.39, 0.29) is 5.91 Å². The van der Waals surface area contributed by atoms with Gasteiger partial charge in [-0.3, -0.25) is 4.79 Å². The Balaban J connectivity index is 1.58. The van der Waals surface area contributed by atoms with Gasteiger partial charge in [-0.05, 0) is 30.0 Å². The first-order valence-corrected chi connectivity index (χ1v) is 8.79. The maximum atomic E-state index is 12.3. The van der Waals surface area contributed by atoms with Gasteiger partial charge in [0.05, 0.1) is 0 Å². The summed E-state index contributed by atoms with van der Waals surface area (Å²) in [4.78, 5) is 15.8. The largest absolute Gasteiger partial charge is 0.345 e. The zero-order valence-electron chi connectivity index (χ0n) is 11.3. The zero-order chi connectivity index (χ0) is 13.8. The molecule has 2 aromatic rings. The highest BCUT2D eigenvalue weighted by Crippen LogP contribution is 2.36. The monoisotopic (exact) mass is 306 g/mol. The third-order valence-corrected chi connectivity index (χ3v) is 5.98. The van der Waals surface area contributed by atoms with Crippen LogP contribution in [0.15, 0.2) is 42.0 Å². The van der Waals surface area contributed by atoms with Gasteiger partial charge in [0.1, 0.15) is 6.54 Å². The first-order chi connectivity index (χ1) is 9.83. The number of thioether (sulfide) groups is 1. The number of hydrogen-bond acceptors (Lipinski definition) is 3. The van der Waals surface area contributed by atoms with E-state index in [2.05, 4.69) is 17.5 Å². The van der Waals surface area contributed by atoms with Gasteiger partial charge in [0.25, 0.3) is 0 Å². The zero-order valence-corrected chi connectivity index (χ0v) is 12.9. The number of aromatic nitrogens is 1. The maximum Gasteiger partial charge on any atom is 0.242 e. The van der Waals surface area contributed by atoms with Crippen LogP contribution in [0, 0.1) is 0 Å². The lowest BCUT2D eigenvalue weighted by Crippen LogP contribution is -2.35. The van der Waals surface area contributed by atoms with E-state index >= 15 is 0 Å². The lowest BCUT2D eigenvalue weighted by molar-refractivity contribution is -0.131. The van der Waals surface area contributed by atoms with Crippen molar-refractivity contribution in [1.29, 1.82) is 0 Å². The Morgan fingerprint density at radius 3 is 2.85 bits per heavy atom. The second kappa shape index (κ2) is 6.50. The molecule has 20 heavy (non-hydrogen) atoms. The molecular formula is C15H18N2OS2. The molecular weight excluding hydrogens is 288 g/mol. The molecule has 3 heterocycles. The molecule has 5 heteroatoms. The molecule has 3 rings (SSSR count). The quantitative estimate of drug-likeness (QED) is 0.869. The Hall–Kier alpha value is -1.20. The molecule has 1 saturated heterocycles. The normalized spacial score (nSPS) is 19.8. The molecule has 0 radical (unpaired) electrons. The van der Waals surface area contributed by atoms with E-state index in [9.17, 15) is 4.79 Å². The summed E-state index contributed by atoms with van der Waals surface area (Å²) in [7, 11) is 0. The van der Waals surface area contributed by atoms with Crippen molar-refractivity contribution in [2.75, 3.05) is 18.8 Å². The summed E-state index contributed by atoms with van der Waals surface area (Å²) in [5.74, 6) is 1.26. The van der Waals surface area contributed by atoms with Crippen LogP contribution in [0.4, 0.5) is 0 Å². The molecule has 1 atom stereocenters. The van der Waals surface area contributed by atoms with E-state index in [0.717, 1.165) is 25.3 Å². The highest BCUT2D eigenvalue weighted by molar-refractivity contribution is 7.99. The lowest BCUT2D eigenvalue weighted by Gasteiger charge is -2.20. The van der Waals surface area contributed by atoms with E-state index in [1.807, 2.05) is 57.1 Å². The number of rotatable bonds is 3. The summed E-state index contributed by atoms with van der Waals surface area (Å²) in [5.41, 5.74) is 0. The van der Waals surface area contributed by atoms with Crippen molar-refractivity contribution in [3.63, 3.8) is 0 Å². The van der Waals surface area contributed by atoms with Gasteiger partial charge in [-0.1, -0.05) is 6.07 Å². The molecule has 1 amide bonds. The standard InChI is InChI=1S/C15H18N2OS2/c18-15(12-16-6-1-2-7-16)17-8-5-14(20-11-9-17)13-4-3-10-19-13/h1-4,6-7,10,14H,5,8-9,11-12H2. The summed E-state index contributed by atoms with van der Waals surface area (Å²) >= 11 is 3.80. The fourth-order valence-corrected chi connectivity index (χ4v) is 4.69. The van der Waals surface area contributed by atoms with Crippen molar-refractivity contribution in [2.45, 2.75) is 18.2 Å². The number of hydrogen-bond donors (Lipinski definition) is 0. The van der Waals surface area contributed by atoms with Crippen LogP contribution in [0.25, 0.3) is 0 Å². The molecule has 1 unspecified atom stereocenters. The highest BCUT2D eigenvalue weighted by Gasteiger charge is 2.22. The lowest BCUT2D eigenvalue weighted by atomic mass is 10.2. The number of carbonyl (C=O) groups excluding carboxylic acids is 1. The van der Waals surface area contributed by atoms with Crippen molar-refractivity contribution in [3.05, 3.63) is 46.9 Å². The van der Waals surface area contributed by atoms with Gasteiger partial charge in [-0.2, -0.15) is 11.8 Å². The van der Waals surface area contributed by atoms with Gasteiger partial charge in [0.2, 0.25) is 5.91 Å². The second-order valence-electron chi connectivity index (χ2n) is 4.90. The van der Waals surface area contributed by atoms with Crippen LogP contribution in [-0.4, -0.2) is 34.2 Å². The molecule has 1 aliphatic heterocycles. The minimum Gasteiger partial charge on any atom is -0.345 e. The molecule has 0 aliphatic carbocycles. The SMILES string of the molecule is O=C(Cn1cccc1)N1CCSC(c2cccs2)CC1. The number of carbonyl (C=O) groups is 1. The van der Waals surface area contributed by atoms with E-state index in [1.165, 1.54) is 4.88 Å². The van der Waals surface area contributed by atoms with Crippen molar-refractivity contribution in [2.24, 2.45) is 0 Å². The topological polar surface area (TPSA) is 25.2 Å². The molecule has 106 valence electrons. The maximum absolute atomic E-state index is 12.3. The average Bonchev–Trinajstić information content (AvgIpc) is 3.09. The van der Waals surface area contributed by atoms with Gasteiger partial charge in [-0.15, -0.1) is 11.3 Å². The first-order valence-electron chi connectivity index (χ1n) is 6.86. The van der Waals surface area contributed by atoms with Crippen LogP contribution in [0.1, 0.15) is 16.5 Å². The fraction of sp³-hybridized carbons (Fsp3) is 0.400. The Kier molecular flexibility index (Phi) is 4.47. The van der Waals surface area contributed by atoms with E-state index < -0.39 is 0 Å². The van der Waals surface area contributed by atoms with Gasteiger partial charge in [0, 0.05) is 41.4 Å². The molecule has 0 spiro atoms. The first kappa shape index (κ1) is 13.8. The second-order valence-corrected chi connectivity index (χ2v) is 7.19. The van der Waals surface area contributed by atoms with E-state index in [0.29, 0.717) is 11.8 Å². The molecule has 0 bridgehead atoms. The van der Waals surface area contributed by atoms with Crippen LogP contribution in [-0.2, 0) is 11.3 Å². The van der Waals surface area contributed by atoms with Crippen LogP contribution >= 0.6 is 23.1 Å². The number of nitrogens with zero attached hydrogens (tertiary/aromatic N) is 2. The summed E-state index contributed by atoms with van der Waals surface area (Å²) in [6.07, 6.45) is 4.94. The molecule has 0 saturated carbocycles. The third-order valence-electron chi connectivity index (χ3n) is 3.54. The molecule has 1 aliphatic rings. The minimum atomic E-state index is 0.230. The Morgan fingerprint density at radius 2 is 2.10 bits per heavy atom. The smallest absolute Gasteiger partial charge is 0.242 e. The predicted octanol–water partition coefficient (Wildman–Crippen LogP) is 3.26. The Morgan fingerprint density at radius 1 is 1.25 bits per heavy atom. The van der Waals surface area contributed by atoms with Gasteiger partial charge >= 0.3 is 0 Å². The van der Waals surface area contributed by atoms with Crippen LogP contribution < -0.4 is 0 Å². The van der Waals surface area contributed by atoms with Crippen molar-refractivity contribution < 1.29 is 4.79 Å². The Bertz CT molecular complexity index is 536. The molecule has 0 N–H and O–H groups in total. The van der Waals surface area contributed by atoms with Crippen LogP contribution in [0.5, 0.6) is 0 Å². The summed E-state index contributed by atoms with van der Waals surface area (Å²) in [6.45, 7) is 2.20. The van der Waals surface area contributed by atoms with E-state index in [1.54, 1.807) is 0 Å². The number of amides is 1. The van der Waals surface area contributed by atoms with Crippen molar-refractivity contribution in [3.8, 4) is 0 Å². The fourth-order valence-electron chi connectivity index (χ4n) is 2.45. The van der Waals surface area contributed by atoms with Crippen molar-refractivity contribution in [1.82, 2.24) is 9.47 Å².